The highest BCUT2D eigenvalue weighted by Gasteiger charge is 2.42. The van der Waals surface area contributed by atoms with E-state index in [1.807, 2.05) is 80.3 Å². The number of rotatable bonds is 7. The summed E-state index contributed by atoms with van der Waals surface area (Å²) >= 11 is 5.80. The standard InChI is InChI=1S/C29H27N3O4S/c1-17(2)35-21-10-8-20(9-11-21)32-27(26(31-29(32)37)23-6-4-5-15-30-23)25-14-13-24(36-25)22-12-7-19(28(33)34)16-18(22)3/h4-17,26-27H,1-3H3,(H,31,37)(H,33,34)/t26-,27-/m1/s1. The summed E-state index contributed by atoms with van der Waals surface area (Å²) in [6.45, 7) is 5.86. The molecule has 0 bridgehead atoms. The lowest BCUT2D eigenvalue weighted by Crippen LogP contribution is -2.29. The number of carboxylic acids is 1. The third-order valence-corrected chi connectivity index (χ3v) is 6.56. The molecular formula is C29H27N3O4S. The molecule has 0 amide bonds. The summed E-state index contributed by atoms with van der Waals surface area (Å²) in [5.74, 6) is 1.19. The van der Waals surface area contributed by atoms with Gasteiger partial charge in [0.15, 0.2) is 5.11 Å². The van der Waals surface area contributed by atoms with Crippen LogP contribution in [0.2, 0.25) is 0 Å². The number of benzene rings is 2. The lowest BCUT2D eigenvalue weighted by molar-refractivity contribution is 0.0696. The number of furan rings is 1. The molecule has 2 atom stereocenters. The Morgan fingerprint density at radius 3 is 2.54 bits per heavy atom. The number of hydrogen-bond acceptors (Lipinski definition) is 5. The van der Waals surface area contributed by atoms with Crippen LogP contribution in [0.4, 0.5) is 5.69 Å². The summed E-state index contributed by atoms with van der Waals surface area (Å²) < 4.78 is 12.2. The second-order valence-corrected chi connectivity index (χ2v) is 9.58. The van der Waals surface area contributed by atoms with Crippen molar-refractivity contribution in [1.29, 1.82) is 0 Å². The Bertz CT molecular complexity index is 1430. The van der Waals surface area contributed by atoms with Crippen LogP contribution >= 0.6 is 12.2 Å². The average molecular weight is 514 g/mol. The molecule has 1 aliphatic heterocycles. The highest BCUT2D eigenvalue weighted by atomic mass is 32.1. The number of aromatic carboxylic acids is 1. The minimum Gasteiger partial charge on any atom is -0.491 e. The molecule has 0 aliphatic carbocycles. The molecule has 7 nitrogen and oxygen atoms in total. The molecule has 37 heavy (non-hydrogen) atoms. The summed E-state index contributed by atoms with van der Waals surface area (Å²) in [4.78, 5) is 18.0. The van der Waals surface area contributed by atoms with E-state index in [0.717, 1.165) is 28.3 Å². The van der Waals surface area contributed by atoms with Crippen molar-refractivity contribution >= 4 is 29.0 Å². The number of aryl methyl sites for hydroxylation is 1. The number of nitrogens with one attached hydrogen (secondary N) is 1. The van der Waals surface area contributed by atoms with Gasteiger partial charge in [-0.25, -0.2) is 4.79 Å². The van der Waals surface area contributed by atoms with E-state index in [9.17, 15) is 9.90 Å². The highest BCUT2D eigenvalue weighted by Crippen LogP contribution is 2.43. The second kappa shape index (κ2) is 10.1. The van der Waals surface area contributed by atoms with E-state index in [1.165, 1.54) is 0 Å². The first-order chi connectivity index (χ1) is 17.8. The molecule has 1 saturated heterocycles. The fourth-order valence-electron chi connectivity index (χ4n) is 4.61. The van der Waals surface area contributed by atoms with Crippen LogP contribution in [-0.4, -0.2) is 27.3 Å². The Hall–Kier alpha value is -4.17. The van der Waals surface area contributed by atoms with E-state index < -0.39 is 5.97 Å². The number of nitrogens with zero attached hydrogens (tertiary/aromatic N) is 2. The van der Waals surface area contributed by atoms with Crippen LogP contribution in [0.3, 0.4) is 0 Å². The van der Waals surface area contributed by atoms with Crippen molar-refractivity contribution in [3.05, 3.63) is 102 Å². The lowest BCUT2D eigenvalue weighted by Gasteiger charge is -2.26. The molecule has 0 saturated carbocycles. The summed E-state index contributed by atoms with van der Waals surface area (Å²) in [6.07, 6.45) is 1.84. The highest BCUT2D eigenvalue weighted by molar-refractivity contribution is 7.80. The van der Waals surface area contributed by atoms with Gasteiger partial charge in [-0.3, -0.25) is 4.98 Å². The number of ether oxygens (including phenoxy) is 1. The summed E-state index contributed by atoms with van der Waals surface area (Å²) in [5.41, 5.74) is 3.64. The van der Waals surface area contributed by atoms with Crippen LogP contribution in [-0.2, 0) is 0 Å². The van der Waals surface area contributed by atoms with Crippen molar-refractivity contribution in [2.24, 2.45) is 0 Å². The van der Waals surface area contributed by atoms with Gasteiger partial charge in [0, 0.05) is 17.4 Å². The van der Waals surface area contributed by atoms with Crippen molar-refractivity contribution in [1.82, 2.24) is 10.3 Å². The number of carbonyl (C=O) groups is 1. The molecule has 2 aromatic heterocycles. The van der Waals surface area contributed by atoms with E-state index in [0.29, 0.717) is 16.6 Å². The van der Waals surface area contributed by atoms with Gasteiger partial charge in [-0.1, -0.05) is 12.1 Å². The summed E-state index contributed by atoms with van der Waals surface area (Å²) in [7, 11) is 0. The third-order valence-electron chi connectivity index (χ3n) is 6.24. The van der Waals surface area contributed by atoms with Gasteiger partial charge in [0.25, 0.3) is 0 Å². The van der Waals surface area contributed by atoms with Crippen molar-refractivity contribution in [2.45, 2.75) is 39.0 Å². The molecule has 4 aromatic rings. The van der Waals surface area contributed by atoms with Crippen molar-refractivity contribution in [2.75, 3.05) is 4.90 Å². The molecule has 5 rings (SSSR count). The number of pyridine rings is 1. The number of aromatic nitrogens is 1. The SMILES string of the molecule is Cc1cc(C(=O)O)ccc1-c1ccc([C@@H]2[C@@H](c3ccccn3)NC(=S)N2c2ccc(OC(C)C)cc2)o1. The first kappa shape index (κ1) is 24.5. The Labute approximate surface area is 220 Å². The second-order valence-electron chi connectivity index (χ2n) is 9.19. The van der Waals surface area contributed by atoms with Crippen molar-refractivity contribution in [3.8, 4) is 17.1 Å². The quantitative estimate of drug-likeness (QED) is 0.278. The monoisotopic (exact) mass is 513 g/mol. The van der Waals surface area contributed by atoms with Crippen LogP contribution in [0.1, 0.15) is 53.3 Å². The van der Waals surface area contributed by atoms with Crippen molar-refractivity contribution in [3.63, 3.8) is 0 Å². The number of anilines is 1. The largest absolute Gasteiger partial charge is 0.491 e. The molecule has 2 N–H and O–H groups in total. The first-order valence-corrected chi connectivity index (χ1v) is 12.4. The number of thiocarbonyl (C=S) groups is 1. The zero-order valence-electron chi connectivity index (χ0n) is 20.7. The maximum Gasteiger partial charge on any atom is 0.335 e. The zero-order chi connectivity index (χ0) is 26.1. The van der Waals surface area contributed by atoms with E-state index in [1.54, 1.807) is 24.4 Å². The maximum atomic E-state index is 11.4. The van der Waals surface area contributed by atoms with Crippen LogP contribution in [0.25, 0.3) is 11.3 Å². The molecule has 0 radical (unpaired) electrons. The maximum absolute atomic E-state index is 11.4. The number of hydrogen-bond donors (Lipinski definition) is 2. The van der Waals surface area contributed by atoms with E-state index in [-0.39, 0.29) is 23.8 Å². The average Bonchev–Trinajstić information content (AvgIpc) is 3.49. The van der Waals surface area contributed by atoms with Crippen molar-refractivity contribution < 1.29 is 19.1 Å². The Morgan fingerprint density at radius 1 is 1.11 bits per heavy atom. The molecule has 1 fully saturated rings. The van der Waals surface area contributed by atoms with Gasteiger partial charge < -0.3 is 24.5 Å². The van der Waals surface area contributed by atoms with Gasteiger partial charge in [-0.2, -0.15) is 0 Å². The lowest BCUT2D eigenvalue weighted by atomic mass is 10.0. The normalized spacial score (nSPS) is 17.2. The molecule has 2 aromatic carbocycles. The summed E-state index contributed by atoms with van der Waals surface area (Å²) in [5, 5.41) is 13.3. The van der Waals surface area contributed by atoms with Gasteiger partial charge in [0.1, 0.15) is 23.3 Å². The van der Waals surface area contributed by atoms with Crippen LogP contribution in [0.15, 0.2) is 83.4 Å². The summed E-state index contributed by atoms with van der Waals surface area (Å²) in [6, 6.07) is 22.0. The molecule has 8 heteroatoms. The van der Waals surface area contributed by atoms with E-state index in [2.05, 4.69) is 10.3 Å². The minimum atomic E-state index is -0.959. The van der Waals surface area contributed by atoms with Gasteiger partial charge in [0.2, 0.25) is 0 Å². The molecular weight excluding hydrogens is 486 g/mol. The van der Waals surface area contributed by atoms with Gasteiger partial charge in [-0.15, -0.1) is 0 Å². The predicted octanol–water partition coefficient (Wildman–Crippen LogP) is 6.31. The molecule has 1 aliphatic rings. The van der Waals surface area contributed by atoms with E-state index in [4.69, 9.17) is 21.4 Å². The smallest absolute Gasteiger partial charge is 0.335 e. The van der Waals surface area contributed by atoms with Crippen LogP contribution < -0.4 is 15.0 Å². The fraction of sp³-hybridized carbons (Fsp3) is 0.207. The molecule has 0 unspecified atom stereocenters. The van der Waals surface area contributed by atoms with E-state index >= 15 is 0 Å². The minimum absolute atomic E-state index is 0.0798. The fourth-order valence-corrected chi connectivity index (χ4v) is 4.96. The Kier molecular flexibility index (Phi) is 6.67. The molecule has 3 heterocycles. The molecule has 188 valence electrons. The topological polar surface area (TPSA) is 87.8 Å². The first-order valence-electron chi connectivity index (χ1n) is 12.0. The van der Waals surface area contributed by atoms with Crippen LogP contribution in [0.5, 0.6) is 5.75 Å². The zero-order valence-corrected chi connectivity index (χ0v) is 21.5. The Morgan fingerprint density at radius 2 is 1.89 bits per heavy atom. The van der Waals surface area contributed by atoms with Gasteiger partial charge in [0.05, 0.1) is 23.4 Å². The Balaban J connectivity index is 1.55. The third kappa shape index (κ3) is 4.93. The van der Waals surface area contributed by atoms with Gasteiger partial charge in [-0.05, 0) is 99.2 Å². The molecule has 0 spiro atoms. The number of carboxylic acid groups (broad SMARTS) is 1. The van der Waals surface area contributed by atoms with Crippen LogP contribution in [0, 0.1) is 6.92 Å². The van der Waals surface area contributed by atoms with Gasteiger partial charge >= 0.3 is 5.97 Å². The predicted molar refractivity (Wildman–Crippen MR) is 146 cm³/mol.